The van der Waals surface area contributed by atoms with Crippen LogP contribution in [-0.4, -0.2) is 8.07 Å². The SMILES string of the molecule is CC1=C(C)C(C)C([Si](c2ccccc2)(c2ccc(C)cc2)c2cc(C)cc(C)c2)=C1C. The number of benzene rings is 3. The third-order valence-corrected chi connectivity index (χ3v) is 12.6. The van der Waals surface area contributed by atoms with Gasteiger partial charge >= 0.3 is 0 Å². The molecule has 2 atom stereocenters. The van der Waals surface area contributed by atoms with Crippen molar-refractivity contribution in [2.45, 2.75) is 48.5 Å². The van der Waals surface area contributed by atoms with Gasteiger partial charge in [-0.25, -0.2) is 0 Å². The number of allylic oxidation sites excluding steroid dienone is 4. The third kappa shape index (κ3) is 3.45. The number of aryl methyl sites for hydroxylation is 3. The van der Waals surface area contributed by atoms with E-state index >= 15 is 0 Å². The standard InChI is InChI=1S/C30H34Si/c1-20-13-15-28(16-14-20)31(27-11-9-8-10-12-27,29-18-21(2)17-22(3)19-29)30-25(6)23(4)24(5)26(30)7/h8-19,25H,1-7H3. The topological polar surface area (TPSA) is 0 Å². The Labute approximate surface area is 189 Å². The average molecular weight is 423 g/mol. The van der Waals surface area contributed by atoms with E-state index in [0.717, 1.165) is 0 Å². The quantitative estimate of drug-likeness (QED) is 0.361. The highest BCUT2D eigenvalue weighted by molar-refractivity contribution is 7.16. The van der Waals surface area contributed by atoms with Crippen molar-refractivity contribution in [1.82, 2.24) is 0 Å². The predicted octanol–water partition coefficient (Wildman–Crippen LogP) is 5.92. The van der Waals surface area contributed by atoms with Gasteiger partial charge in [0.05, 0.1) is 0 Å². The molecule has 0 saturated carbocycles. The van der Waals surface area contributed by atoms with E-state index in [1.165, 1.54) is 49.0 Å². The Bertz CT molecular complexity index is 1160. The van der Waals surface area contributed by atoms with Crippen molar-refractivity contribution >= 4 is 23.6 Å². The van der Waals surface area contributed by atoms with E-state index in [1.54, 1.807) is 5.20 Å². The van der Waals surface area contributed by atoms with Crippen LogP contribution in [0.2, 0.25) is 0 Å². The molecule has 0 nitrogen and oxygen atoms in total. The summed E-state index contributed by atoms with van der Waals surface area (Å²) in [5.41, 5.74) is 8.51. The Morgan fingerprint density at radius 1 is 0.548 bits per heavy atom. The van der Waals surface area contributed by atoms with E-state index in [-0.39, 0.29) is 0 Å². The first-order valence-corrected chi connectivity index (χ1v) is 13.4. The Morgan fingerprint density at radius 3 is 1.61 bits per heavy atom. The number of hydrogen-bond donors (Lipinski definition) is 0. The Hall–Kier alpha value is -2.64. The molecule has 0 aromatic heterocycles. The van der Waals surface area contributed by atoms with Crippen molar-refractivity contribution in [3.05, 3.63) is 111 Å². The average Bonchev–Trinajstić information content (AvgIpc) is 2.94. The van der Waals surface area contributed by atoms with Crippen LogP contribution >= 0.6 is 0 Å². The molecule has 0 heterocycles. The van der Waals surface area contributed by atoms with Gasteiger partial charge in [0.1, 0.15) is 0 Å². The summed E-state index contributed by atoms with van der Waals surface area (Å²) < 4.78 is 0. The summed E-state index contributed by atoms with van der Waals surface area (Å²) in [7, 11) is -2.45. The zero-order valence-electron chi connectivity index (χ0n) is 20.0. The van der Waals surface area contributed by atoms with Gasteiger partial charge in [0.25, 0.3) is 0 Å². The molecule has 4 rings (SSSR count). The monoisotopic (exact) mass is 422 g/mol. The summed E-state index contributed by atoms with van der Waals surface area (Å²) in [5.74, 6) is 0.453. The molecule has 0 fully saturated rings. The molecule has 0 bridgehead atoms. The Kier molecular flexibility index (Phi) is 5.66. The maximum absolute atomic E-state index is 2.46. The maximum atomic E-state index is 2.46. The lowest BCUT2D eigenvalue weighted by Gasteiger charge is -2.39. The highest BCUT2D eigenvalue weighted by Gasteiger charge is 2.48. The minimum atomic E-state index is -2.45. The van der Waals surface area contributed by atoms with Crippen LogP contribution in [0.1, 0.15) is 44.4 Å². The molecule has 0 amide bonds. The first kappa shape index (κ1) is 21.6. The van der Waals surface area contributed by atoms with Crippen molar-refractivity contribution < 1.29 is 0 Å². The molecule has 0 radical (unpaired) electrons. The van der Waals surface area contributed by atoms with Gasteiger partial charge in [-0.2, -0.15) is 0 Å². The lowest BCUT2D eigenvalue weighted by Crippen LogP contribution is -2.69. The highest BCUT2D eigenvalue weighted by atomic mass is 28.3. The third-order valence-electron chi connectivity index (χ3n) is 7.39. The second-order valence-electron chi connectivity index (χ2n) is 9.43. The molecular weight excluding hydrogens is 388 g/mol. The maximum Gasteiger partial charge on any atom is 0.176 e. The summed E-state index contributed by atoms with van der Waals surface area (Å²) in [6, 6.07) is 28.0. The second-order valence-corrected chi connectivity index (χ2v) is 13.2. The van der Waals surface area contributed by atoms with E-state index < -0.39 is 8.07 Å². The highest BCUT2D eigenvalue weighted by Crippen LogP contribution is 2.41. The van der Waals surface area contributed by atoms with Crippen molar-refractivity contribution in [3.8, 4) is 0 Å². The zero-order chi connectivity index (χ0) is 22.3. The van der Waals surface area contributed by atoms with Crippen LogP contribution in [0, 0.1) is 26.7 Å². The van der Waals surface area contributed by atoms with E-state index in [9.17, 15) is 0 Å². The number of hydrogen-bond acceptors (Lipinski definition) is 0. The van der Waals surface area contributed by atoms with Gasteiger partial charge in [0.2, 0.25) is 0 Å². The molecule has 3 aromatic carbocycles. The first-order valence-electron chi connectivity index (χ1n) is 11.4. The first-order chi connectivity index (χ1) is 14.8. The van der Waals surface area contributed by atoms with Gasteiger partial charge in [0.15, 0.2) is 8.07 Å². The van der Waals surface area contributed by atoms with Gasteiger partial charge in [0, 0.05) is 0 Å². The lowest BCUT2D eigenvalue weighted by molar-refractivity contribution is 0.851. The van der Waals surface area contributed by atoms with Crippen LogP contribution in [0.3, 0.4) is 0 Å². The van der Waals surface area contributed by atoms with Crippen LogP contribution in [0.5, 0.6) is 0 Å². The molecule has 2 unspecified atom stereocenters. The van der Waals surface area contributed by atoms with E-state index in [0.29, 0.717) is 5.92 Å². The molecule has 0 N–H and O–H groups in total. The minimum absolute atomic E-state index is 0.453. The molecule has 1 aliphatic carbocycles. The van der Waals surface area contributed by atoms with Gasteiger partial charge in [-0.05, 0) is 68.6 Å². The van der Waals surface area contributed by atoms with Gasteiger partial charge < -0.3 is 0 Å². The molecule has 3 aromatic rings. The summed E-state index contributed by atoms with van der Waals surface area (Å²) in [5, 5.41) is 6.12. The van der Waals surface area contributed by atoms with Crippen molar-refractivity contribution in [2.24, 2.45) is 5.92 Å². The predicted molar refractivity (Wildman–Crippen MR) is 138 cm³/mol. The molecular formula is C30H34Si. The van der Waals surface area contributed by atoms with Crippen LogP contribution in [0.4, 0.5) is 0 Å². The van der Waals surface area contributed by atoms with Gasteiger partial charge in [-0.15, -0.1) is 0 Å². The van der Waals surface area contributed by atoms with Crippen molar-refractivity contribution in [3.63, 3.8) is 0 Å². The summed E-state index contributed by atoms with van der Waals surface area (Å²) in [6.45, 7) is 16.1. The van der Waals surface area contributed by atoms with Gasteiger partial charge in [-0.1, -0.05) is 113 Å². The summed E-state index contributed by atoms with van der Waals surface area (Å²) in [6.07, 6.45) is 0. The second kappa shape index (κ2) is 8.13. The van der Waals surface area contributed by atoms with Crippen LogP contribution in [-0.2, 0) is 0 Å². The summed E-state index contributed by atoms with van der Waals surface area (Å²) >= 11 is 0. The lowest BCUT2D eigenvalue weighted by atomic mass is 10.1. The number of rotatable bonds is 4. The Balaban J connectivity index is 2.20. The van der Waals surface area contributed by atoms with E-state index in [4.69, 9.17) is 0 Å². The van der Waals surface area contributed by atoms with Crippen LogP contribution in [0.25, 0.3) is 0 Å². The van der Waals surface area contributed by atoms with Crippen LogP contribution < -0.4 is 15.6 Å². The zero-order valence-corrected chi connectivity index (χ0v) is 21.0. The minimum Gasteiger partial charge on any atom is -0.0636 e. The molecule has 1 aliphatic rings. The molecule has 1 heteroatoms. The normalized spacial score (nSPS) is 18.5. The van der Waals surface area contributed by atoms with E-state index in [2.05, 4.69) is 121 Å². The van der Waals surface area contributed by atoms with Crippen LogP contribution in [0.15, 0.2) is 94.7 Å². The molecule has 0 saturated heterocycles. The molecule has 158 valence electrons. The fourth-order valence-corrected chi connectivity index (χ4v) is 11.4. The summed E-state index contributed by atoms with van der Waals surface area (Å²) in [4.78, 5) is 0. The Morgan fingerprint density at radius 2 is 1.10 bits per heavy atom. The molecule has 0 aliphatic heterocycles. The molecule has 0 spiro atoms. The smallest absolute Gasteiger partial charge is 0.0636 e. The van der Waals surface area contributed by atoms with E-state index in [1.807, 2.05) is 0 Å². The fraction of sp³-hybridized carbons (Fsp3) is 0.267. The van der Waals surface area contributed by atoms with Crippen molar-refractivity contribution in [2.75, 3.05) is 0 Å². The molecule has 31 heavy (non-hydrogen) atoms. The van der Waals surface area contributed by atoms with Crippen molar-refractivity contribution in [1.29, 1.82) is 0 Å². The fourth-order valence-electron chi connectivity index (χ4n) is 5.62. The largest absolute Gasteiger partial charge is 0.176 e. The van der Waals surface area contributed by atoms with Gasteiger partial charge in [-0.3, -0.25) is 0 Å².